The number of amides is 1. The average Bonchev–Trinajstić information content (AvgIpc) is 3.09. The Hall–Kier alpha value is -3.36. The van der Waals surface area contributed by atoms with Gasteiger partial charge in [-0.3, -0.25) is 10.1 Å². The zero-order chi connectivity index (χ0) is 18.7. The number of aromatic nitrogens is 2. The normalized spacial score (nSPS) is 11.2. The highest BCUT2D eigenvalue weighted by Crippen LogP contribution is 2.31. The van der Waals surface area contributed by atoms with Gasteiger partial charge in [-0.1, -0.05) is 5.10 Å². The van der Waals surface area contributed by atoms with Crippen molar-refractivity contribution >= 4 is 11.9 Å². The predicted molar refractivity (Wildman–Crippen MR) is 85.7 cm³/mol. The standard InChI is InChI=1S/C17H12F3N3O3/c1-25-13-8-4-10(5-9-13)14(24)21-16-23-22-15(26-16)11-2-6-12(7-3-11)17(18,19)20/h2-9H,1H3,(H,21,23,24). The molecule has 0 bridgehead atoms. The molecule has 0 unspecified atom stereocenters. The zero-order valence-corrected chi connectivity index (χ0v) is 13.4. The van der Waals surface area contributed by atoms with E-state index in [1.165, 1.54) is 19.2 Å². The number of nitrogens with one attached hydrogen (secondary N) is 1. The van der Waals surface area contributed by atoms with Gasteiger partial charge < -0.3 is 9.15 Å². The van der Waals surface area contributed by atoms with Crippen LogP contribution in [0.1, 0.15) is 15.9 Å². The summed E-state index contributed by atoms with van der Waals surface area (Å²) in [5, 5.41) is 9.81. The molecule has 0 aliphatic carbocycles. The number of alkyl halides is 3. The number of anilines is 1. The van der Waals surface area contributed by atoms with Gasteiger partial charge in [0.25, 0.3) is 5.91 Å². The number of nitrogens with zero attached hydrogens (tertiary/aromatic N) is 2. The van der Waals surface area contributed by atoms with Gasteiger partial charge in [0.15, 0.2) is 0 Å². The van der Waals surface area contributed by atoms with Crippen LogP contribution < -0.4 is 10.1 Å². The number of hydrogen-bond donors (Lipinski definition) is 1. The second-order valence-corrected chi connectivity index (χ2v) is 5.17. The second-order valence-electron chi connectivity index (χ2n) is 5.17. The van der Waals surface area contributed by atoms with Crippen LogP contribution in [-0.2, 0) is 6.18 Å². The Kier molecular flexibility index (Phi) is 4.61. The van der Waals surface area contributed by atoms with Gasteiger partial charge in [0.2, 0.25) is 5.89 Å². The summed E-state index contributed by atoms with van der Waals surface area (Å²) in [5.74, 6) is 0.114. The van der Waals surface area contributed by atoms with E-state index in [2.05, 4.69) is 15.5 Å². The Morgan fingerprint density at radius 3 is 2.27 bits per heavy atom. The summed E-state index contributed by atoms with van der Waals surface area (Å²) in [7, 11) is 1.51. The van der Waals surface area contributed by atoms with E-state index in [9.17, 15) is 18.0 Å². The smallest absolute Gasteiger partial charge is 0.416 e. The topological polar surface area (TPSA) is 77.2 Å². The van der Waals surface area contributed by atoms with Crippen LogP contribution in [-0.4, -0.2) is 23.2 Å². The molecule has 3 aromatic rings. The molecule has 0 atom stereocenters. The summed E-state index contributed by atoms with van der Waals surface area (Å²) in [4.78, 5) is 12.1. The highest BCUT2D eigenvalue weighted by molar-refractivity contribution is 6.03. The largest absolute Gasteiger partial charge is 0.497 e. The van der Waals surface area contributed by atoms with Crippen LogP contribution in [0.2, 0.25) is 0 Å². The number of ether oxygens (including phenoxy) is 1. The fourth-order valence-corrected chi connectivity index (χ4v) is 2.10. The highest BCUT2D eigenvalue weighted by atomic mass is 19.4. The monoisotopic (exact) mass is 363 g/mol. The van der Waals surface area contributed by atoms with E-state index in [-0.39, 0.29) is 11.9 Å². The fourth-order valence-electron chi connectivity index (χ4n) is 2.10. The Morgan fingerprint density at radius 2 is 1.69 bits per heavy atom. The maximum absolute atomic E-state index is 12.6. The molecule has 134 valence electrons. The minimum Gasteiger partial charge on any atom is -0.497 e. The van der Waals surface area contributed by atoms with Gasteiger partial charge >= 0.3 is 12.2 Å². The van der Waals surface area contributed by atoms with Crippen molar-refractivity contribution < 1.29 is 27.1 Å². The van der Waals surface area contributed by atoms with Gasteiger partial charge in [-0.25, -0.2) is 0 Å². The molecule has 0 spiro atoms. The van der Waals surface area contributed by atoms with E-state index in [1.807, 2.05) is 0 Å². The number of benzene rings is 2. The SMILES string of the molecule is COc1ccc(C(=O)Nc2nnc(-c3ccc(C(F)(F)F)cc3)o2)cc1. The van der Waals surface area contributed by atoms with Crippen molar-refractivity contribution in [2.75, 3.05) is 12.4 Å². The van der Waals surface area contributed by atoms with E-state index in [1.54, 1.807) is 24.3 Å². The Labute approximate surface area is 145 Å². The van der Waals surface area contributed by atoms with Crippen LogP contribution in [0.15, 0.2) is 52.9 Å². The van der Waals surface area contributed by atoms with Crippen molar-refractivity contribution in [3.8, 4) is 17.2 Å². The summed E-state index contributed by atoms with van der Waals surface area (Å²) in [6, 6.07) is 10.4. The lowest BCUT2D eigenvalue weighted by Gasteiger charge is -2.05. The van der Waals surface area contributed by atoms with Crippen molar-refractivity contribution in [2.24, 2.45) is 0 Å². The van der Waals surface area contributed by atoms with Crippen molar-refractivity contribution in [3.05, 3.63) is 59.7 Å². The molecule has 0 saturated carbocycles. The van der Waals surface area contributed by atoms with E-state index in [0.717, 1.165) is 12.1 Å². The van der Waals surface area contributed by atoms with Gasteiger partial charge in [-0.15, -0.1) is 5.10 Å². The maximum atomic E-state index is 12.6. The zero-order valence-electron chi connectivity index (χ0n) is 13.4. The third-order valence-corrected chi connectivity index (χ3v) is 3.46. The molecule has 3 rings (SSSR count). The van der Waals surface area contributed by atoms with E-state index < -0.39 is 17.6 Å². The number of methoxy groups -OCH3 is 1. The minimum atomic E-state index is -4.43. The summed E-state index contributed by atoms with van der Waals surface area (Å²) < 4.78 is 48.0. The molecule has 9 heteroatoms. The molecule has 2 aromatic carbocycles. The van der Waals surface area contributed by atoms with Crippen molar-refractivity contribution in [1.82, 2.24) is 10.2 Å². The quantitative estimate of drug-likeness (QED) is 0.758. The second kappa shape index (κ2) is 6.87. The van der Waals surface area contributed by atoms with Crippen LogP contribution in [0.4, 0.5) is 19.2 Å². The first-order valence-electron chi connectivity index (χ1n) is 7.33. The number of carbonyl (C=O) groups excluding carboxylic acids is 1. The van der Waals surface area contributed by atoms with Crippen LogP contribution in [0, 0.1) is 0 Å². The summed E-state index contributed by atoms with van der Waals surface area (Å²) in [5.41, 5.74) is -0.135. The van der Waals surface area contributed by atoms with E-state index in [0.29, 0.717) is 16.9 Å². The van der Waals surface area contributed by atoms with Crippen LogP contribution in [0.3, 0.4) is 0 Å². The first kappa shape index (κ1) is 17.5. The summed E-state index contributed by atoms with van der Waals surface area (Å²) in [6.07, 6.45) is -4.43. The van der Waals surface area contributed by atoms with E-state index >= 15 is 0 Å². The summed E-state index contributed by atoms with van der Waals surface area (Å²) >= 11 is 0. The molecule has 1 N–H and O–H groups in total. The molecule has 26 heavy (non-hydrogen) atoms. The maximum Gasteiger partial charge on any atom is 0.416 e. The van der Waals surface area contributed by atoms with Gasteiger partial charge in [0, 0.05) is 11.1 Å². The van der Waals surface area contributed by atoms with Crippen LogP contribution in [0.25, 0.3) is 11.5 Å². The van der Waals surface area contributed by atoms with Gasteiger partial charge in [-0.05, 0) is 48.5 Å². The van der Waals surface area contributed by atoms with Crippen LogP contribution in [0.5, 0.6) is 5.75 Å². The Bertz CT molecular complexity index is 903. The van der Waals surface area contributed by atoms with E-state index in [4.69, 9.17) is 9.15 Å². The summed E-state index contributed by atoms with van der Waals surface area (Å²) in [6.45, 7) is 0. The lowest BCUT2D eigenvalue weighted by Crippen LogP contribution is -2.11. The van der Waals surface area contributed by atoms with Gasteiger partial charge in [-0.2, -0.15) is 13.2 Å². The van der Waals surface area contributed by atoms with Crippen molar-refractivity contribution in [3.63, 3.8) is 0 Å². The first-order chi connectivity index (χ1) is 12.4. The molecule has 0 aliphatic heterocycles. The third-order valence-electron chi connectivity index (χ3n) is 3.46. The molecule has 1 amide bonds. The van der Waals surface area contributed by atoms with Crippen molar-refractivity contribution in [1.29, 1.82) is 0 Å². The lowest BCUT2D eigenvalue weighted by atomic mass is 10.1. The third kappa shape index (κ3) is 3.82. The van der Waals surface area contributed by atoms with Gasteiger partial charge in [0.05, 0.1) is 12.7 Å². The molecule has 1 aromatic heterocycles. The fraction of sp³-hybridized carbons (Fsp3) is 0.118. The highest BCUT2D eigenvalue weighted by Gasteiger charge is 2.30. The molecule has 1 heterocycles. The molecule has 0 saturated heterocycles. The number of halogens is 3. The molecular weight excluding hydrogens is 351 g/mol. The van der Waals surface area contributed by atoms with Crippen molar-refractivity contribution in [2.45, 2.75) is 6.18 Å². The predicted octanol–water partition coefficient (Wildman–Crippen LogP) is 4.02. The minimum absolute atomic E-state index is 0.0104. The number of rotatable bonds is 4. The molecule has 6 nitrogen and oxygen atoms in total. The number of carbonyl (C=O) groups is 1. The van der Waals surface area contributed by atoms with Gasteiger partial charge in [0.1, 0.15) is 5.75 Å². The molecule has 0 radical (unpaired) electrons. The molecule has 0 aliphatic rings. The Balaban J connectivity index is 1.72. The van der Waals surface area contributed by atoms with Crippen LogP contribution >= 0.6 is 0 Å². The molecular formula is C17H12F3N3O3. The molecule has 0 fully saturated rings. The lowest BCUT2D eigenvalue weighted by molar-refractivity contribution is -0.137. The Morgan fingerprint density at radius 1 is 1.04 bits per heavy atom. The number of hydrogen-bond acceptors (Lipinski definition) is 5. The first-order valence-corrected chi connectivity index (χ1v) is 7.33. The average molecular weight is 363 g/mol.